The molecule has 0 aromatic heterocycles. The molecule has 0 saturated heterocycles. The molecule has 0 spiro atoms. The summed E-state index contributed by atoms with van der Waals surface area (Å²) in [5.41, 5.74) is 8.56. The predicted molar refractivity (Wildman–Crippen MR) is 77.6 cm³/mol. The van der Waals surface area contributed by atoms with Crippen LogP contribution in [0.25, 0.3) is 0 Å². The minimum absolute atomic E-state index is 0.0937. The Morgan fingerprint density at radius 3 is 2.84 bits per heavy atom. The van der Waals surface area contributed by atoms with Crippen LogP contribution in [0.1, 0.15) is 21.5 Å². The number of carbonyl (C=O) groups excluding carboxylic acids is 1. The van der Waals surface area contributed by atoms with Gasteiger partial charge in [-0.3, -0.25) is 4.79 Å². The molecule has 3 nitrogen and oxygen atoms in total. The van der Waals surface area contributed by atoms with Gasteiger partial charge in [0.15, 0.2) is 5.78 Å². The quantitative estimate of drug-likeness (QED) is 0.683. The highest BCUT2D eigenvalue weighted by molar-refractivity contribution is 9.10. The lowest BCUT2D eigenvalue weighted by Crippen LogP contribution is -2.07. The van der Waals surface area contributed by atoms with Crippen LogP contribution in [-0.2, 0) is 6.42 Å². The molecule has 0 bridgehead atoms. The van der Waals surface area contributed by atoms with Crippen molar-refractivity contribution in [1.82, 2.24) is 0 Å². The normalized spacial score (nSPS) is 12.9. The van der Waals surface area contributed by atoms with Crippen LogP contribution in [0.4, 0.5) is 5.69 Å². The van der Waals surface area contributed by atoms with Crippen molar-refractivity contribution in [3.63, 3.8) is 0 Å². The first kappa shape index (κ1) is 12.2. The molecule has 1 aliphatic heterocycles. The van der Waals surface area contributed by atoms with E-state index >= 15 is 0 Å². The van der Waals surface area contributed by atoms with Crippen LogP contribution in [0.3, 0.4) is 0 Å². The third-order valence-electron chi connectivity index (χ3n) is 3.22. The Balaban J connectivity index is 2.08. The third-order valence-corrected chi connectivity index (χ3v) is 3.71. The maximum atomic E-state index is 12.6. The van der Waals surface area contributed by atoms with Gasteiger partial charge in [-0.25, -0.2) is 0 Å². The molecule has 2 aromatic rings. The summed E-state index contributed by atoms with van der Waals surface area (Å²) in [6.45, 7) is 0.634. The number of hydrogen-bond donors (Lipinski definition) is 1. The van der Waals surface area contributed by atoms with Crippen molar-refractivity contribution in [3.8, 4) is 5.75 Å². The lowest BCUT2D eigenvalue weighted by Gasteiger charge is -2.09. The highest BCUT2D eigenvalue weighted by Gasteiger charge is 2.22. The Hall–Kier alpha value is -1.81. The highest BCUT2D eigenvalue weighted by Crippen LogP contribution is 2.32. The molecule has 0 saturated carbocycles. The van der Waals surface area contributed by atoms with E-state index in [4.69, 9.17) is 10.5 Å². The first-order valence-electron chi connectivity index (χ1n) is 6.01. The smallest absolute Gasteiger partial charge is 0.198 e. The van der Waals surface area contributed by atoms with Crippen LogP contribution in [0.2, 0.25) is 0 Å². The number of nitrogens with two attached hydrogens (primary N) is 1. The van der Waals surface area contributed by atoms with Crippen LogP contribution >= 0.6 is 15.9 Å². The number of anilines is 1. The number of nitrogen functional groups attached to an aromatic ring is 1. The van der Waals surface area contributed by atoms with Crippen molar-refractivity contribution < 1.29 is 9.53 Å². The van der Waals surface area contributed by atoms with Gasteiger partial charge in [-0.05, 0) is 29.8 Å². The first-order chi connectivity index (χ1) is 9.16. The maximum absolute atomic E-state index is 12.6. The molecule has 0 aliphatic carbocycles. The molecule has 0 atom stereocenters. The van der Waals surface area contributed by atoms with E-state index in [1.807, 2.05) is 18.2 Å². The summed E-state index contributed by atoms with van der Waals surface area (Å²) in [5, 5.41) is 0. The van der Waals surface area contributed by atoms with Gasteiger partial charge >= 0.3 is 0 Å². The second-order valence-electron chi connectivity index (χ2n) is 4.45. The molecule has 1 aliphatic rings. The topological polar surface area (TPSA) is 52.3 Å². The molecule has 0 unspecified atom stereocenters. The van der Waals surface area contributed by atoms with Gasteiger partial charge in [0, 0.05) is 22.1 Å². The van der Waals surface area contributed by atoms with Crippen LogP contribution in [0.15, 0.2) is 40.9 Å². The summed E-state index contributed by atoms with van der Waals surface area (Å²) >= 11 is 3.34. The van der Waals surface area contributed by atoms with Gasteiger partial charge in [-0.15, -0.1) is 0 Å². The van der Waals surface area contributed by atoms with E-state index in [9.17, 15) is 4.79 Å². The van der Waals surface area contributed by atoms with Gasteiger partial charge in [-0.2, -0.15) is 0 Å². The summed E-state index contributed by atoms with van der Waals surface area (Å²) in [6, 6.07) is 10.9. The largest absolute Gasteiger partial charge is 0.492 e. The fraction of sp³-hybridized carbons (Fsp3) is 0.133. The average molecular weight is 318 g/mol. The number of halogens is 1. The van der Waals surface area contributed by atoms with Crippen LogP contribution in [0, 0.1) is 0 Å². The number of fused-ring (bicyclic) bond motifs is 1. The number of ketones is 1. The first-order valence-corrected chi connectivity index (χ1v) is 6.80. The minimum Gasteiger partial charge on any atom is -0.492 e. The summed E-state index contributed by atoms with van der Waals surface area (Å²) in [5.74, 6) is 0.610. The van der Waals surface area contributed by atoms with Crippen molar-refractivity contribution >= 4 is 27.4 Å². The molecule has 2 N–H and O–H groups in total. The predicted octanol–water partition coefficient (Wildman–Crippen LogP) is 3.20. The van der Waals surface area contributed by atoms with Crippen LogP contribution in [0.5, 0.6) is 5.75 Å². The summed E-state index contributed by atoms with van der Waals surface area (Å²) in [7, 11) is 0. The number of benzene rings is 2. The lowest BCUT2D eigenvalue weighted by atomic mass is 9.99. The highest BCUT2D eigenvalue weighted by atomic mass is 79.9. The van der Waals surface area contributed by atoms with Gasteiger partial charge < -0.3 is 10.5 Å². The van der Waals surface area contributed by atoms with E-state index in [0.717, 1.165) is 16.5 Å². The molecule has 19 heavy (non-hydrogen) atoms. The fourth-order valence-electron chi connectivity index (χ4n) is 2.28. The molecular formula is C15H12BrNO2. The van der Waals surface area contributed by atoms with E-state index in [1.54, 1.807) is 18.2 Å². The molecule has 2 aromatic carbocycles. The number of ether oxygens (including phenoxy) is 1. The van der Waals surface area contributed by atoms with E-state index in [2.05, 4.69) is 15.9 Å². The van der Waals surface area contributed by atoms with Crippen molar-refractivity contribution in [2.45, 2.75) is 6.42 Å². The molecule has 0 fully saturated rings. The van der Waals surface area contributed by atoms with Crippen LogP contribution < -0.4 is 10.5 Å². The molecule has 3 rings (SSSR count). The number of rotatable bonds is 2. The standard InChI is InChI=1S/C15H12BrNO2/c16-10-4-5-11(13(17)8-10)14(18)12-3-1-2-9-6-7-19-15(9)12/h1-5,8H,6-7,17H2. The number of carbonyl (C=O) groups is 1. The molecule has 0 radical (unpaired) electrons. The van der Waals surface area contributed by atoms with E-state index < -0.39 is 0 Å². The SMILES string of the molecule is Nc1cc(Br)ccc1C(=O)c1cccc2c1OCC2. The monoisotopic (exact) mass is 317 g/mol. The van der Waals surface area contributed by atoms with Gasteiger partial charge in [-0.1, -0.05) is 28.1 Å². The number of hydrogen-bond acceptors (Lipinski definition) is 3. The lowest BCUT2D eigenvalue weighted by molar-refractivity contribution is 0.103. The van der Waals surface area contributed by atoms with E-state index in [-0.39, 0.29) is 5.78 Å². The van der Waals surface area contributed by atoms with Gasteiger partial charge in [0.2, 0.25) is 0 Å². The van der Waals surface area contributed by atoms with Crippen molar-refractivity contribution in [2.24, 2.45) is 0 Å². The molecule has 1 heterocycles. The molecule has 96 valence electrons. The Morgan fingerprint density at radius 1 is 1.21 bits per heavy atom. The van der Waals surface area contributed by atoms with Crippen molar-refractivity contribution in [2.75, 3.05) is 12.3 Å². The summed E-state index contributed by atoms with van der Waals surface area (Å²) in [6.07, 6.45) is 0.853. The Bertz CT molecular complexity index is 667. The number of para-hydroxylation sites is 1. The summed E-state index contributed by atoms with van der Waals surface area (Å²) in [4.78, 5) is 12.6. The zero-order valence-corrected chi connectivity index (χ0v) is 11.7. The second-order valence-corrected chi connectivity index (χ2v) is 5.37. The summed E-state index contributed by atoms with van der Waals surface area (Å²) < 4.78 is 6.42. The fourth-order valence-corrected chi connectivity index (χ4v) is 2.66. The molecule has 4 heteroatoms. The van der Waals surface area contributed by atoms with Crippen molar-refractivity contribution in [1.29, 1.82) is 0 Å². The zero-order chi connectivity index (χ0) is 13.4. The average Bonchev–Trinajstić information content (AvgIpc) is 2.86. The van der Waals surface area contributed by atoms with Gasteiger partial charge in [0.25, 0.3) is 0 Å². The van der Waals surface area contributed by atoms with E-state index in [0.29, 0.717) is 29.2 Å². The molecular weight excluding hydrogens is 306 g/mol. The Kier molecular flexibility index (Phi) is 3.03. The van der Waals surface area contributed by atoms with E-state index in [1.165, 1.54) is 0 Å². The van der Waals surface area contributed by atoms with Gasteiger partial charge in [0.05, 0.1) is 12.2 Å². The third kappa shape index (κ3) is 2.12. The van der Waals surface area contributed by atoms with Crippen LogP contribution in [-0.4, -0.2) is 12.4 Å². The molecule has 0 amide bonds. The second kappa shape index (κ2) is 4.70. The Labute approximate surface area is 119 Å². The van der Waals surface area contributed by atoms with Gasteiger partial charge in [0.1, 0.15) is 5.75 Å². The maximum Gasteiger partial charge on any atom is 0.198 e. The zero-order valence-electron chi connectivity index (χ0n) is 10.2. The van der Waals surface area contributed by atoms with Crippen molar-refractivity contribution in [3.05, 3.63) is 57.6 Å². The Morgan fingerprint density at radius 2 is 2.05 bits per heavy atom. The minimum atomic E-state index is -0.0937.